The van der Waals surface area contributed by atoms with Gasteiger partial charge in [0.2, 0.25) is 0 Å². The van der Waals surface area contributed by atoms with E-state index in [1.54, 1.807) is 0 Å². The number of rotatable bonds is 2. The number of allylic oxidation sites excluding steroid dienone is 1. The minimum atomic E-state index is 0.0523. The summed E-state index contributed by atoms with van der Waals surface area (Å²) in [5.74, 6) is 0.619. The van der Waals surface area contributed by atoms with E-state index >= 15 is 0 Å². The van der Waals surface area contributed by atoms with Crippen LogP contribution in [0, 0.1) is 0 Å². The molecular formula is C12H15N3. The van der Waals surface area contributed by atoms with E-state index in [4.69, 9.17) is 5.73 Å². The number of aliphatic imine (C=N–C) groups is 1. The summed E-state index contributed by atoms with van der Waals surface area (Å²) in [6.45, 7) is 5.73. The third-order valence-electron chi connectivity index (χ3n) is 2.47. The first-order valence-electron chi connectivity index (χ1n) is 5.05. The third-order valence-corrected chi connectivity index (χ3v) is 2.47. The van der Waals surface area contributed by atoms with Gasteiger partial charge in [0.15, 0.2) is 0 Å². The zero-order valence-electron chi connectivity index (χ0n) is 8.83. The van der Waals surface area contributed by atoms with Crippen molar-refractivity contribution in [3.63, 3.8) is 0 Å². The molecule has 3 N–H and O–H groups in total. The molecule has 0 bridgehead atoms. The van der Waals surface area contributed by atoms with Gasteiger partial charge in [0.05, 0.1) is 0 Å². The normalized spacial score (nSPS) is 18.7. The Labute approximate surface area is 89.7 Å². The number of nitrogens with zero attached hydrogens (tertiary/aromatic N) is 1. The highest BCUT2D eigenvalue weighted by molar-refractivity contribution is 6.05. The number of nitrogens with one attached hydrogen (secondary N) is 1. The van der Waals surface area contributed by atoms with Crippen LogP contribution in [0.1, 0.15) is 18.1 Å². The van der Waals surface area contributed by atoms with Gasteiger partial charge >= 0.3 is 0 Å². The monoisotopic (exact) mass is 201 g/mol. The fourth-order valence-electron chi connectivity index (χ4n) is 1.88. The van der Waals surface area contributed by atoms with Crippen LogP contribution in [0.4, 0.5) is 5.69 Å². The van der Waals surface area contributed by atoms with Crippen LogP contribution in [0.3, 0.4) is 0 Å². The van der Waals surface area contributed by atoms with Crippen LogP contribution in [0.25, 0.3) is 0 Å². The predicted molar refractivity (Wildman–Crippen MR) is 64.2 cm³/mol. The highest BCUT2D eigenvalue weighted by Crippen LogP contribution is 2.24. The second kappa shape index (κ2) is 3.77. The van der Waals surface area contributed by atoms with E-state index in [0.717, 1.165) is 17.7 Å². The Bertz CT molecular complexity index is 421. The van der Waals surface area contributed by atoms with Gasteiger partial charge in [-0.25, -0.2) is 4.99 Å². The summed E-state index contributed by atoms with van der Waals surface area (Å²) in [5.41, 5.74) is 9.20. The molecule has 1 aromatic rings. The molecule has 1 aliphatic rings. The van der Waals surface area contributed by atoms with Gasteiger partial charge in [-0.1, -0.05) is 18.2 Å². The minimum absolute atomic E-state index is 0.0523. The molecule has 0 radical (unpaired) electrons. The zero-order chi connectivity index (χ0) is 10.8. The van der Waals surface area contributed by atoms with Crippen molar-refractivity contribution >= 4 is 11.5 Å². The van der Waals surface area contributed by atoms with Gasteiger partial charge in [0.25, 0.3) is 0 Å². The number of nitrogens with two attached hydrogens (primary N) is 1. The fourth-order valence-corrected chi connectivity index (χ4v) is 1.88. The summed E-state index contributed by atoms with van der Waals surface area (Å²) in [5, 5.41) is 3.29. The van der Waals surface area contributed by atoms with E-state index in [9.17, 15) is 0 Å². The molecule has 1 aromatic carbocycles. The van der Waals surface area contributed by atoms with Crippen molar-refractivity contribution in [3.8, 4) is 0 Å². The van der Waals surface area contributed by atoms with Gasteiger partial charge in [-0.2, -0.15) is 0 Å². The lowest BCUT2D eigenvalue weighted by molar-refractivity contribution is 0.838. The van der Waals surface area contributed by atoms with E-state index in [0.29, 0.717) is 5.84 Å². The molecule has 1 unspecified atom stereocenters. The molecule has 15 heavy (non-hydrogen) atoms. The molecule has 3 heteroatoms. The summed E-state index contributed by atoms with van der Waals surface area (Å²) in [4.78, 5) is 4.32. The van der Waals surface area contributed by atoms with E-state index in [2.05, 4.69) is 23.0 Å². The minimum Gasteiger partial charge on any atom is -0.383 e. The largest absolute Gasteiger partial charge is 0.383 e. The Morgan fingerprint density at radius 1 is 1.60 bits per heavy atom. The highest BCUT2D eigenvalue weighted by Gasteiger charge is 2.17. The molecule has 1 aliphatic heterocycles. The SMILES string of the molecule is C=CCc1cccc2c1C(N)=NC(C)N2. The molecule has 0 aliphatic carbocycles. The van der Waals surface area contributed by atoms with Crippen molar-refractivity contribution in [2.45, 2.75) is 19.5 Å². The second-order valence-corrected chi connectivity index (χ2v) is 3.67. The van der Waals surface area contributed by atoms with E-state index in [1.807, 2.05) is 25.1 Å². The highest BCUT2D eigenvalue weighted by atomic mass is 15.1. The quantitative estimate of drug-likeness (QED) is 0.718. The zero-order valence-corrected chi connectivity index (χ0v) is 8.83. The first kappa shape index (κ1) is 9.77. The molecular weight excluding hydrogens is 186 g/mol. The summed E-state index contributed by atoms with van der Waals surface area (Å²) < 4.78 is 0. The second-order valence-electron chi connectivity index (χ2n) is 3.67. The first-order chi connectivity index (χ1) is 7.22. The van der Waals surface area contributed by atoms with Gasteiger partial charge in [-0.15, -0.1) is 6.58 Å². The summed E-state index contributed by atoms with van der Waals surface area (Å²) in [6.07, 6.45) is 2.74. The number of fused-ring (bicyclic) bond motifs is 1. The van der Waals surface area contributed by atoms with Crippen LogP contribution in [-0.4, -0.2) is 12.0 Å². The van der Waals surface area contributed by atoms with Crippen molar-refractivity contribution in [2.75, 3.05) is 5.32 Å². The average Bonchev–Trinajstić information content (AvgIpc) is 2.17. The van der Waals surface area contributed by atoms with Crippen LogP contribution >= 0.6 is 0 Å². The van der Waals surface area contributed by atoms with E-state index < -0.39 is 0 Å². The number of benzene rings is 1. The maximum absolute atomic E-state index is 5.94. The molecule has 0 saturated heterocycles. The van der Waals surface area contributed by atoms with E-state index in [1.165, 1.54) is 5.56 Å². The molecule has 0 amide bonds. The maximum atomic E-state index is 5.94. The summed E-state index contributed by atoms with van der Waals surface area (Å²) in [6, 6.07) is 6.11. The van der Waals surface area contributed by atoms with Crippen molar-refractivity contribution in [1.29, 1.82) is 0 Å². The third kappa shape index (κ3) is 1.73. The number of amidine groups is 1. The molecule has 1 atom stereocenters. The van der Waals surface area contributed by atoms with Gasteiger partial charge in [0, 0.05) is 11.3 Å². The van der Waals surface area contributed by atoms with Crippen molar-refractivity contribution in [1.82, 2.24) is 0 Å². The number of anilines is 1. The molecule has 0 spiro atoms. The molecule has 3 nitrogen and oxygen atoms in total. The van der Waals surface area contributed by atoms with Crippen molar-refractivity contribution in [2.24, 2.45) is 10.7 Å². The first-order valence-corrected chi connectivity index (χ1v) is 5.05. The average molecular weight is 201 g/mol. The van der Waals surface area contributed by atoms with Crippen molar-refractivity contribution in [3.05, 3.63) is 42.0 Å². The lowest BCUT2D eigenvalue weighted by Gasteiger charge is -2.23. The van der Waals surface area contributed by atoms with E-state index in [-0.39, 0.29) is 6.17 Å². The van der Waals surface area contributed by atoms with Crippen LogP contribution in [0.2, 0.25) is 0 Å². The number of hydrogen-bond acceptors (Lipinski definition) is 3. The molecule has 0 saturated carbocycles. The molecule has 0 aromatic heterocycles. The van der Waals surface area contributed by atoms with Gasteiger partial charge < -0.3 is 11.1 Å². The number of hydrogen-bond donors (Lipinski definition) is 2. The van der Waals surface area contributed by atoms with Gasteiger partial charge in [-0.3, -0.25) is 0 Å². The van der Waals surface area contributed by atoms with Crippen LogP contribution < -0.4 is 11.1 Å². The molecule has 2 rings (SSSR count). The predicted octanol–water partition coefficient (Wildman–Crippen LogP) is 1.89. The Morgan fingerprint density at radius 2 is 2.40 bits per heavy atom. The lowest BCUT2D eigenvalue weighted by Crippen LogP contribution is -2.29. The fraction of sp³-hybridized carbons (Fsp3) is 0.250. The van der Waals surface area contributed by atoms with Crippen LogP contribution in [-0.2, 0) is 6.42 Å². The Hall–Kier alpha value is -1.77. The topological polar surface area (TPSA) is 50.4 Å². The van der Waals surface area contributed by atoms with Gasteiger partial charge in [0.1, 0.15) is 12.0 Å². The van der Waals surface area contributed by atoms with Crippen molar-refractivity contribution < 1.29 is 0 Å². The Morgan fingerprint density at radius 3 is 3.13 bits per heavy atom. The van der Waals surface area contributed by atoms with Crippen LogP contribution in [0.15, 0.2) is 35.8 Å². The lowest BCUT2D eigenvalue weighted by atomic mass is 10.00. The molecule has 78 valence electrons. The maximum Gasteiger partial charge on any atom is 0.130 e. The van der Waals surface area contributed by atoms with Gasteiger partial charge in [-0.05, 0) is 25.0 Å². The van der Waals surface area contributed by atoms with Crippen LogP contribution in [0.5, 0.6) is 0 Å². The standard InChI is InChI=1S/C12H15N3/c1-3-5-9-6-4-7-10-11(9)12(13)15-8(2)14-10/h3-4,6-8,14H,1,5H2,2H3,(H2,13,15). The Kier molecular flexibility index (Phi) is 2.46. The Balaban J connectivity index is 2.53. The summed E-state index contributed by atoms with van der Waals surface area (Å²) >= 11 is 0. The molecule has 0 fully saturated rings. The smallest absolute Gasteiger partial charge is 0.130 e. The summed E-state index contributed by atoms with van der Waals surface area (Å²) in [7, 11) is 0. The molecule has 1 heterocycles.